The number of aryl methyl sites for hydroxylation is 2. The van der Waals surface area contributed by atoms with E-state index in [9.17, 15) is 0 Å². The van der Waals surface area contributed by atoms with Crippen LogP contribution in [0.2, 0.25) is 0 Å². The van der Waals surface area contributed by atoms with Gasteiger partial charge in [-0.05, 0) is 59.4 Å². The van der Waals surface area contributed by atoms with Crippen molar-refractivity contribution in [2.75, 3.05) is 0 Å². The van der Waals surface area contributed by atoms with Crippen molar-refractivity contribution in [1.82, 2.24) is 0 Å². The molecule has 0 aliphatic rings. The van der Waals surface area contributed by atoms with Crippen LogP contribution in [-0.4, -0.2) is 0 Å². The van der Waals surface area contributed by atoms with E-state index in [1.807, 2.05) is 30.3 Å². The fourth-order valence-electron chi connectivity index (χ4n) is 2.99. The molecule has 0 unspecified atom stereocenters. The number of rotatable bonds is 5. The van der Waals surface area contributed by atoms with Gasteiger partial charge in [-0.15, -0.1) is 0 Å². The summed E-state index contributed by atoms with van der Waals surface area (Å²) >= 11 is 0. The molecule has 0 spiro atoms. The molecule has 0 fully saturated rings. The van der Waals surface area contributed by atoms with Crippen LogP contribution in [0.15, 0.2) is 66.7 Å². The molecule has 0 bridgehead atoms. The number of ether oxygens (including phenoxy) is 1. The minimum absolute atomic E-state index is 0.578. The first kappa shape index (κ1) is 16.3. The zero-order valence-corrected chi connectivity index (χ0v) is 14.3. The molecule has 0 atom stereocenters. The van der Waals surface area contributed by atoms with Gasteiger partial charge in [0.25, 0.3) is 0 Å². The molecule has 0 heterocycles. The van der Waals surface area contributed by atoms with E-state index >= 15 is 0 Å². The normalized spacial score (nSPS) is 10.6. The molecule has 2 heteroatoms. The van der Waals surface area contributed by atoms with Crippen LogP contribution in [0.25, 0.3) is 11.1 Å². The molecule has 3 aromatic rings. The number of hydrogen-bond acceptors (Lipinski definition) is 2. The van der Waals surface area contributed by atoms with Gasteiger partial charge in [-0.25, -0.2) is 0 Å². The molecule has 122 valence electrons. The summed E-state index contributed by atoms with van der Waals surface area (Å²) in [6.07, 6.45) is 0. The molecule has 2 N–H and O–H groups in total. The summed E-state index contributed by atoms with van der Waals surface area (Å²) in [5.41, 5.74) is 13.1. The van der Waals surface area contributed by atoms with E-state index in [4.69, 9.17) is 10.5 Å². The van der Waals surface area contributed by atoms with Crippen molar-refractivity contribution in [3.8, 4) is 16.9 Å². The second kappa shape index (κ2) is 7.33. The van der Waals surface area contributed by atoms with Crippen LogP contribution >= 0.6 is 0 Å². The lowest BCUT2D eigenvalue weighted by molar-refractivity contribution is 0.306. The lowest BCUT2D eigenvalue weighted by Crippen LogP contribution is -2.02. The topological polar surface area (TPSA) is 35.2 Å². The third-order valence-electron chi connectivity index (χ3n) is 4.32. The molecule has 0 aliphatic carbocycles. The first-order valence-corrected chi connectivity index (χ1v) is 8.24. The largest absolute Gasteiger partial charge is 0.489 e. The Balaban J connectivity index is 1.83. The Morgan fingerprint density at radius 2 is 1.50 bits per heavy atom. The van der Waals surface area contributed by atoms with Crippen molar-refractivity contribution < 1.29 is 4.74 Å². The quantitative estimate of drug-likeness (QED) is 0.718. The standard InChI is InChI=1S/C22H23NO/c1-16-11-20(12-17(2)22(16)14-23)19-9-6-10-21(13-19)24-15-18-7-4-3-5-8-18/h3-13H,14-15,23H2,1-2H3. The van der Waals surface area contributed by atoms with Crippen LogP contribution in [0.5, 0.6) is 5.75 Å². The zero-order valence-electron chi connectivity index (χ0n) is 14.3. The molecule has 0 aliphatic heterocycles. The van der Waals surface area contributed by atoms with Gasteiger partial charge in [-0.2, -0.15) is 0 Å². The van der Waals surface area contributed by atoms with Crippen LogP contribution < -0.4 is 10.5 Å². The van der Waals surface area contributed by atoms with Crippen molar-refractivity contribution in [2.45, 2.75) is 27.0 Å². The van der Waals surface area contributed by atoms with Crippen molar-refractivity contribution in [2.24, 2.45) is 5.73 Å². The van der Waals surface area contributed by atoms with Gasteiger partial charge in [0.15, 0.2) is 0 Å². The van der Waals surface area contributed by atoms with E-state index in [0.29, 0.717) is 13.2 Å². The molecule has 3 rings (SSSR count). The predicted octanol–water partition coefficient (Wildman–Crippen LogP) is 5.01. The first-order valence-electron chi connectivity index (χ1n) is 8.24. The number of benzene rings is 3. The monoisotopic (exact) mass is 317 g/mol. The van der Waals surface area contributed by atoms with Crippen molar-refractivity contribution >= 4 is 0 Å². The summed E-state index contributed by atoms with van der Waals surface area (Å²) in [6.45, 7) is 5.40. The van der Waals surface area contributed by atoms with Gasteiger partial charge < -0.3 is 10.5 Å². The maximum atomic E-state index is 5.94. The molecular formula is C22H23NO. The number of nitrogens with two attached hydrogens (primary N) is 1. The van der Waals surface area contributed by atoms with E-state index in [1.54, 1.807) is 0 Å². The Labute approximate surface area is 143 Å². The summed E-state index contributed by atoms with van der Waals surface area (Å²) in [6, 6.07) is 22.9. The van der Waals surface area contributed by atoms with Gasteiger partial charge in [-0.3, -0.25) is 0 Å². The maximum absolute atomic E-state index is 5.94. The predicted molar refractivity (Wildman–Crippen MR) is 100 cm³/mol. The summed E-state index contributed by atoms with van der Waals surface area (Å²) in [4.78, 5) is 0. The first-order chi connectivity index (χ1) is 11.7. The van der Waals surface area contributed by atoms with Gasteiger partial charge in [0, 0.05) is 6.54 Å². The van der Waals surface area contributed by atoms with Gasteiger partial charge in [0.2, 0.25) is 0 Å². The smallest absolute Gasteiger partial charge is 0.120 e. The molecule has 0 amide bonds. The highest BCUT2D eigenvalue weighted by atomic mass is 16.5. The van der Waals surface area contributed by atoms with E-state index in [1.165, 1.54) is 27.8 Å². The molecule has 2 nitrogen and oxygen atoms in total. The Hall–Kier alpha value is -2.58. The molecule has 0 saturated carbocycles. The fourth-order valence-corrected chi connectivity index (χ4v) is 2.99. The Bertz CT molecular complexity index is 801. The average Bonchev–Trinajstić information content (AvgIpc) is 2.61. The van der Waals surface area contributed by atoms with E-state index in [-0.39, 0.29) is 0 Å². The SMILES string of the molecule is Cc1cc(-c2cccc(OCc3ccccc3)c2)cc(C)c1CN. The highest BCUT2D eigenvalue weighted by molar-refractivity contribution is 5.67. The second-order valence-electron chi connectivity index (χ2n) is 6.09. The molecular weight excluding hydrogens is 294 g/mol. The van der Waals surface area contributed by atoms with Crippen LogP contribution in [0, 0.1) is 13.8 Å². The van der Waals surface area contributed by atoms with Crippen molar-refractivity contribution in [3.63, 3.8) is 0 Å². The van der Waals surface area contributed by atoms with E-state index in [0.717, 1.165) is 11.3 Å². The van der Waals surface area contributed by atoms with Crippen molar-refractivity contribution in [3.05, 3.63) is 89.0 Å². The zero-order chi connectivity index (χ0) is 16.9. The summed E-state index contributed by atoms with van der Waals surface area (Å²) in [7, 11) is 0. The maximum Gasteiger partial charge on any atom is 0.120 e. The fraction of sp³-hybridized carbons (Fsp3) is 0.182. The number of hydrogen-bond donors (Lipinski definition) is 1. The molecule has 0 radical (unpaired) electrons. The average molecular weight is 317 g/mol. The van der Waals surface area contributed by atoms with Crippen LogP contribution in [0.1, 0.15) is 22.3 Å². The van der Waals surface area contributed by atoms with Crippen LogP contribution in [0.3, 0.4) is 0 Å². The summed E-state index contributed by atoms with van der Waals surface area (Å²) in [5, 5.41) is 0. The van der Waals surface area contributed by atoms with Gasteiger partial charge in [0.05, 0.1) is 0 Å². The Kier molecular flexibility index (Phi) is 4.97. The summed E-state index contributed by atoms with van der Waals surface area (Å²) in [5.74, 6) is 0.884. The molecule has 3 aromatic carbocycles. The molecule has 24 heavy (non-hydrogen) atoms. The lowest BCUT2D eigenvalue weighted by atomic mass is 9.95. The van der Waals surface area contributed by atoms with E-state index < -0.39 is 0 Å². The van der Waals surface area contributed by atoms with Gasteiger partial charge in [-0.1, -0.05) is 54.6 Å². The third-order valence-corrected chi connectivity index (χ3v) is 4.32. The Morgan fingerprint density at radius 1 is 0.792 bits per heavy atom. The highest BCUT2D eigenvalue weighted by Gasteiger charge is 2.06. The van der Waals surface area contributed by atoms with Gasteiger partial charge in [0.1, 0.15) is 12.4 Å². The summed E-state index contributed by atoms with van der Waals surface area (Å²) < 4.78 is 5.94. The van der Waals surface area contributed by atoms with E-state index in [2.05, 4.69) is 50.2 Å². The second-order valence-corrected chi connectivity index (χ2v) is 6.09. The third kappa shape index (κ3) is 3.66. The van der Waals surface area contributed by atoms with Crippen LogP contribution in [0.4, 0.5) is 0 Å². The molecule has 0 saturated heterocycles. The minimum atomic E-state index is 0.578. The highest BCUT2D eigenvalue weighted by Crippen LogP contribution is 2.28. The lowest BCUT2D eigenvalue weighted by Gasteiger charge is -2.12. The van der Waals surface area contributed by atoms with Crippen LogP contribution in [-0.2, 0) is 13.2 Å². The van der Waals surface area contributed by atoms with Gasteiger partial charge >= 0.3 is 0 Å². The Morgan fingerprint density at radius 3 is 2.17 bits per heavy atom. The molecule has 0 aromatic heterocycles. The minimum Gasteiger partial charge on any atom is -0.489 e. The van der Waals surface area contributed by atoms with Crippen molar-refractivity contribution in [1.29, 1.82) is 0 Å².